The minimum atomic E-state index is 0.551. The van der Waals surface area contributed by atoms with Crippen LogP contribution in [0.4, 0.5) is 0 Å². The van der Waals surface area contributed by atoms with E-state index in [1.807, 2.05) is 24.3 Å². The van der Waals surface area contributed by atoms with E-state index in [9.17, 15) is 0 Å². The van der Waals surface area contributed by atoms with Gasteiger partial charge in [-0.3, -0.25) is 10.1 Å². The lowest BCUT2D eigenvalue weighted by atomic mass is 10.2. The van der Waals surface area contributed by atoms with Crippen molar-refractivity contribution in [2.75, 3.05) is 14.2 Å². The molecule has 2 aromatic rings. The van der Waals surface area contributed by atoms with E-state index in [4.69, 9.17) is 4.74 Å². The van der Waals surface area contributed by atoms with Crippen LogP contribution in [0, 0.1) is 0 Å². The molecule has 7 heteroatoms. The standard InChI is InChI=1S/C15H20N6O/c1-16-15(18-11-5-6-11)17-9-13-19-14(21-20-13)10-3-7-12(22-2)8-4-10/h3-4,7-8,11H,5-6,9H2,1-2H3,(H2,16,17,18)(H,19,20,21). The Bertz CT molecular complexity index is 644. The number of H-pyrrole nitrogens is 1. The maximum absolute atomic E-state index is 5.15. The molecule has 1 heterocycles. The number of aromatic nitrogens is 3. The van der Waals surface area contributed by atoms with Crippen molar-refractivity contribution in [1.82, 2.24) is 25.8 Å². The van der Waals surface area contributed by atoms with Crippen LogP contribution in [0.2, 0.25) is 0 Å². The maximum atomic E-state index is 5.15. The second-order valence-electron chi connectivity index (χ2n) is 5.18. The van der Waals surface area contributed by atoms with E-state index in [-0.39, 0.29) is 0 Å². The molecule has 0 aliphatic heterocycles. The number of nitrogens with one attached hydrogen (secondary N) is 3. The van der Waals surface area contributed by atoms with Gasteiger partial charge in [-0.2, -0.15) is 5.10 Å². The largest absolute Gasteiger partial charge is 0.497 e. The normalized spacial score (nSPS) is 14.7. The summed E-state index contributed by atoms with van der Waals surface area (Å²) in [7, 11) is 3.41. The zero-order valence-corrected chi connectivity index (χ0v) is 12.8. The van der Waals surface area contributed by atoms with Crippen molar-refractivity contribution in [1.29, 1.82) is 0 Å². The number of hydrogen-bond acceptors (Lipinski definition) is 4. The number of nitrogens with zero attached hydrogens (tertiary/aromatic N) is 3. The Kier molecular flexibility index (Phi) is 4.22. The van der Waals surface area contributed by atoms with Crippen LogP contribution >= 0.6 is 0 Å². The highest BCUT2D eigenvalue weighted by Crippen LogP contribution is 2.19. The monoisotopic (exact) mass is 300 g/mol. The molecule has 1 saturated carbocycles. The Morgan fingerprint density at radius 2 is 2.14 bits per heavy atom. The Morgan fingerprint density at radius 1 is 1.36 bits per heavy atom. The molecule has 1 aromatic heterocycles. The first-order chi connectivity index (χ1) is 10.8. The third-order valence-electron chi connectivity index (χ3n) is 3.45. The number of benzene rings is 1. The SMILES string of the molecule is CN=C(NCc1nc(-c2ccc(OC)cc2)n[nH]1)NC1CC1. The fourth-order valence-corrected chi connectivity index (χ4v) is 2.03. The molecule has 1 fully saturated rings. The Hall–Kier alpha value is -2.57. The number of ether oxygens (including phenoxy) is 1. The summed E-state index contributed by atoms with van der Waals surface area (Å²) in [5.74, 6) is 3.05. The van der Waals surface area contributed by atoms with Gasteiger partial charge < -0.3 is 15.4 Å². The van der Waals surface area contributed by atoms with E-state index < -0.39 is 0 Å². The predicted octanol–water partition coefficient (Wildman–Crippen LogP) is 1.31. The second-order valence-corrected chi connectivity index (χ2v) is 5.18. The number of aromatic amines is 1. The van der Waals surface area contributed by atoms with Crippen molar-refractivity contribution in [3.8, 4) is 17.1 Å². The van der Waals surface area contributed by atoms with Gasteiger partial charge >= 0.3 is 0 Å². The molecule has 0 amide bonds. The van der Waals surface area contributed by atoms with E-state index >= 15 is 0 Å². The van der Waals surface area contributed by atoms with Gasteiger partial charge in [0.25, 0.3) is 0 Å². The first kappa shape index (κ1) is 14.4. The molecule has 0 unspecified atom stereocenters. The lowest BCUT2D eigenvalue weighted by Gasteiger charge is -2.09. The Balaban J connectivity index is 1.60. The topological polar surface area (TPSA) is 87.2 Å². The lowest BCUT2D eigenvalue weighted by Crippen LogP contribution is -2.38. The molecule has 22 heavy (non-hydrogen) atoms. The molecular formula is C15H20N6O. The van der Waals surface area contributed by atoms with Gasteiger partial charge in [0.05, 0.1) is 13.7 Å². The molecule has 3 rings (SSSR count). The van der Waals surface area contributed by atoms with Gasteiger partial charge in [-0.25, -0.2) is 4.98 Å². The fourth-order valence-electron chi connectivity index (χ4n) is 2.03. The number of aliphatic imine (C=N–C) groups is 1. The highest BCUT2D eigenvalue weighted by molar-refractivity contribution is 5.80. The van der Waals surface area contributed by atoms with E-state index in [0.717, 1.165) is 23.1 Å². The average Bonchev–Trinajstić information content (AvgIpc) is 3.26. The average molecular weight is 300 g/mol. The Labute approximate surface area is 129 Å². The van der Waals surface area contributed by atoms with E-state index in [1.54, 1.807) is 14.2 Å². The van der Waals surface area contributed by atoms with Gasteiger partial charge in [0.2, 0.25) is 0 Å². The van der Waals surface area contributed by atoms with E-state index in [2.05, 4.69) is 30.8 Å². The third kappa shape index (κ3) is 3.55. The van der Waals surface area contributed by atoms with Gasteiger partial charge in [0, 0.05) is 18.7 Å². The zero-order valence-electron chi connectivity index (χ0n) is 12.8. The van der Waals surface area contributed by atoms with Crippen molar-refractivity contribution in [3.05, 3.63) is 30.1 Å². The quantitative estimate of drug-likeness (QED) is 0.572. The van der Waals surface area contributed by atoms with Crippen LogP contribution in [0.15, 0.2) is 29.3 Å². The van der Waals surface area contributed by atoms with E-state index in [0.29, 0.717) is 18.4 Å². The molecule has 7 nitrogen and oxygen atoms in total. The molecule has 0 spiro atoms. The fraction of sp³-hybridized carbons (Fsp3) is 0.400. The molecule has 1 aromatic carbocycles. The number of rotatable bonds is 5. The summed E-state index contributed by atoms with van der Waals surface area (Å²) >= 11 is 0. The highest BCUT2D eigenvalue weighted by Gasteiger charge is 2.22. The second kappa shape index (κ2) is 6.46. The van der Waals surface area contributed by atoms with Gasteiger partial charge in [0.1, 0.15) is 11.6 Å². The highest BCUT2D eigenvalue weighted by atomic mass is 16.5. The molecule has 116 valence electrons. The van der Waals surface area contributed by atoms with Crippen LogP contribution in [-0.2, 0) is 6.54 Å². The van der Waals surface area contributed by atoms with Crippen LogP contribution < -0.4 is 15.4 Å². The van der Waals surface area contributed by atoms with Gasteiger partial charge in [-0.05, 0) is 37.1 Å². The zero-order chi connectivity index (χ0) is 15.4. The van der Waals surface area contributed by atoms with Crippen molar-refractivity contribution in [3.63, 3.8) is 0 Å². The number of guanidine groups is 1. The van der Waals surface area contributed by atoms with Crippen LogP contribution in [0.25, 0.3) is 11.4 Å². The summed E-state index contributed by atoms with van der Waals surface area (Å²) in [4.78, 5) is 8.67. The molecule has 1 aliphatic rings. The third-order valence-corrected chi connectivity index (χ3v) is 3.45. The van der Waals surface area contributed by atoms with Crippen molar-refractivity contribution in [2.45, 2.75) is 25.4 Å². The smallest absolute Gasteiger partial charge is 0.191 e. The van der Waals surface area contributed by atoms with Crippen molar-refractivity contribution >= 4 is 5.96 Å². The minimum absolute atomic E-state index is 0.551. The van der Waals surface area contributed by atoms with Crippen LogP contribution in [-0.4, -0.2) is 41.3 Å². The predicted molar refractivity (Wildman–Crippen MR) is 84.7 cm³/mol. The lowest BCUT2D eigenvalue weighted by molar-refractivity contribution is 0.415. The van der Waals surface area contributed by atoms with Gasteiger partial charge in [-0.15, -0.1) is 0 Å². The number of hydrogen-bond donors (Lipinski definition) is 3. The molecular weight excluding hydrogens is 280 g/mol. The molecule has 0 radical (unpaired) electrons. The summed E-state index contributed by atoms with van der Waals surface area (Å²) in [5.41, 5.74) is 0.948. The first-order valence-corrected chi connectivity index (χ1v) is 7.31. The first-order valence-electron chi connectivity index (χ1n) is 7.31. The molecule has 0 saturated heterocycles. The van der Waals surface area contributed by atoms with Gasteiger partial charge in [-0.1, -0.05) is 0 Å². The van der Waals surface area contributed by atoms with Gasteiger partial charge in [0.15, 0.2) is 11.8 Å². The number of methoxy groups -OCH3 is 1. The van der Waals surface area contributed by atoms with Crippen LogP contribution in [0.1, 0.15) is 18.7 Å². The summed E-state index contributed by atoms with van der Waals surface area (Å²) < 4.78 is 5.15. The summed E-state index contributed by atoms with van der Waals surface area (Å²) in [6.07, 6.45) is 2.43. The molecule has 0 atom stereocenters. The van der Waals surface area contributed by atoms with Crippen LogP contribution in [0.3, 0.4) is 0 Å². The van der Waals surface area contributed by atoms with E-state index in [1.165, 1.54) is 12.8 Å². The van der Waals surface area contributed by atoms with Crippen molar-refractivity contribution in [2.24, 2.45) is 4.99 Å². The molecule has 3 N–H and O–H groups in total. The maximum Gasteiger partial charge on any atom is 0.191 e. The summed E-state index contributed by atoms with van der Waals surface area (Å²) in [6, 6.07) is 8.23. The van der Waals surface area contributed by atoms with Crippen LogP contribution in [0.5, 0.6) is 5.75 Å². The summed E-state index contributed by atoms with van der Waals surface area (Å²) in [6.45, 7) is 0.551. The molecule has 1 aliphatic carbocycles. The molecule has 0 bridgehead atoms. The van der Waals surface area contributed by atoms with Crippen molar-refractivity contribution < 1.29 is 4.74 Å². The minimum Gasteiger partial charge on any atom is -0.497 e. The summed E-state index contributed by atoms with van der Waals surface area (Å²) in [5, 5.41) is 13.7. The Morgan fingerprint density at radius 3 is 2.77 bits per heavy atom.